The molecule has 1 N–H and O–H groups in total. The van der Waals surface area contributed by atoms with Crippen molar-refractivity contribution in [3.63, 3.8) is 0 Å². The number of benzene rings is 1. The third-order valence-electron chi connectivity index (χ3n) is 2.86. The smallest absolute Gasteiger partial charge is 0.0468 e. The Balaban J connectivity index is 2.66. The lowest BCUT2D eigenvalue weighted by atomic mass is 10.0. The molecule has 0 aliphatic rings. The molecule has 17 heavy (non-hydrogen) atoms. The Morgan fingerprint density at radius 3 is 2.47 bits per heavy atom. The van der Waals surface area contributed by atoms with E-state index >= 15 is 0 Å². The van der Waals surface area contributed by atoms with Crippen molar-refractivity contribution in [2.24, 2.45) is 5.92 Å². The quantitative estimate of drug-likeness (QED) is 0.762. The maximum absolute atomic E-state index is 6.22. The lowest BCUT2D eigenvalue weighted by molar-refractivity contribution is 0.470. The summed E-state index contributed by atoms with van der Waals surface area (Å²) in [5.74, 6) is 0.723. The molecule has 1 aromatic rings. The van der Waals surface area contributed by atoms with Gasteiger partial charge in [-0.3, -0.25) is 0 Å². The Labute approximate surface area is 115 Å². The number of hydrogen-bond donors (Lipinski definition) is 1. The van der Waals surface area contributed by atoms with E-state index < -0.39 is 0 Å². The number of halogens is 2. The zero-order valence-electron chi connectivity index (χ0n) is 10.8. The van der Waals surface area contributed by atoms with Gasteiger partial charge in [-0.05, 0) is 43.0 Å². The summed E-state index contributed by atoms with van der Waals surface area (Å²) in [5, 5.41) is 4.99. The molecule has 0 spiro atoms. The topological polar surface area (TPSA) is 12.0 Å². The molecular formula is C14H21Cl2N. The van der Waals surface area contributed by atoms with Crippen molar-refractivity contribution in [2.75, 3.05) is 6.54 Å². The zero-order chi connectivity index (χ0) is 12.8. The van der Waals surface area contributed by atoms with Crippen molar-refractivity contribution in [3.8, 4) is 0 Å². The standard InChI is InChI=1S/C14H21Cl2N/c1-4-14(17-8-7-10(2)3)12-6-5-11(15)9-13(12)16/h5-6,9-10,14,17H,4,7-8H2,1-3H3. The van der Waals surface area contributed by atoms with Crippen LogP contribution in [0.1, 0.15) is 45.2 Å². The zero-order valence-corrected chi connectivity index (χ0v) is 12.3. The summed E-state index contributed by atoms with van der Waals surface area (Å²) in [5.41, 5.74) is 1.14. The van der Waals surface area contributed by atoms with Gasteiger partial charge in [0, 0.05) is 16.1 Å². The van der Waals surface area contributed by atoms with Gasteiger partial charge in [-0.2, -0.15) is 0 Å². The van der Waals surface area contributed by atoms with Crippen molar-refractivity contribution in [2.45, 2.75) is 39.7 Å². The number of nitrogens with one attached hydrogen (secondary N) is 1. The van der Waals surface area contributed by atoms with Gasteiger partial charge in [-0.15, -0.1) is 0 Å². The van der Waals surface area contributed by atoms with Crippen molar-refractivity contribution < 1.29 is 0 Å². The highest BCUT2D eigenvalue weighted by Gasteiger charge is 2.12. The highest BCUT2D eigenvalue weighted by molar-refractivity contribution is 6.35. The number of hydrogen-bond acceptors (Lipinski definition) is 1. The van der Waals surface area contributed by atoms with Crippen LogP contribution >= 0.6 is 23.2 Å². The molecule has 0 aromatic heterocycles. The van der Waals surface area contributed by atoms with Gasteiger partial charge in [-0.1, -0.05) is 50.0 Å². The van der Waals surface area contributed by atoms with Gasteiger partial charge in [0.25, 0.3) is 0 Å². The minimum absolute atomic E-state index is 0.318. The Bertz CT molecular complexity index is 350. The predicted molar refractivity (Wildman–Crippen MR) is 77.0 cm³/mol. The second-order valence-corrected chi connectivity index (χ2v) is 5.61. The number of rotatable bonds is 6. The summed E-state index contributed by atoms with van der Waals surface area (Å²) in [4.78, 5) is 0. The van der Waals surface area contributed by atoms with E-state index in [0.717, 1.165) is 29.5 Å². The highest BCUT2D eigenvalue weighted by atomic mass is 35.5. The van der Waals surface area contributed by atoms with Crippen molar-refractivity contribution in [1.29, 1.82) is 0 Å². The molecule has 0 saturated heterocycles. The summed E-state index contributed by atoms with van der Waals surface area (Å²) in [6.45, 7) is 7.66. The predicted octanol–water partition coefficient (Wildman–Crippen LogP) is 5.08. The maximum Gasteiger partial charge on any atom is 0.0468 e. The molecule has 0 amide bonds. The lowest BCUT2D eigenvalue weighted by Crippen LogP contribution is -2.23. The third-order valence-corrected chi connectivity index (χ3v) is 3.42. The van der Waals surface area contributed by atoms with E-state index in [-0.39, 0.29) is 0 Å². The van der Waals surface area contributed by atoms with Crippen LogP contribution in [-0.2, 0) is 0 Å². The second kappa shape index (κ2) is 7.25. The molecule has 0 radical (unpaired) electrons. The van der Waals surface area contributed by atoms with Gasteiger partial charge in [0.1, 0.15) is 0 Å². The van der Waals surface area contributed by atoms with Gasteiger partial charge < -0.3 is 5.32 Å². The van der Waals surface area contributed by atoms with Crippen LogP contribution in [0.4, 0.5) is 0 Å². The van der Waals surface area contributed by atoms with Crippen LogP contribution in [0.3, 0.4) is 0 Å². The largest absolute Gasteiger partial charge is 0.310 e. The minimum Gasteiger partial charge on any atom is -0.310 e. The van der Waals surface area contributed by atoms with E-state index in [4.69, 9.17) is 23.2 Å². The maximum atomic E-state index is 6.22. The molecule has 0 aliphatic carbocycles. The van der Waals surface area contributed by atoms with E-state index in [1.54, 1.807) is 0 Å². The molecule has 1 rings (SSSR count). The molecular weight excluding hydrogens is 253 g/mol. The van der Waals surface area contributed by atoms with Gasteiger partial charge in [0.15, 0.2) is 0 Å². The molecule has 0 heterocycles. The fraction of sp³-hybridized carbons (Fsp3) is 0.571. The average molecular weight is 274 g/mol. The SMILES string of the molecule is CCC(NCCC(C)C)c1ccc(Cl)cc1Cl. The fourth-order valence-electron chi connectivity index (χ4n) is 1.80. The molecule has 0 bridgehead atoms. The van der Waals surface area contributed by atoms with Gasteiger partial charge in [0.2, 0.25) is 0 Å². The van der Waals surface area contributed by atoms with Crippen LogP contribution in [0.5, 0.6) is 0 Å². The van der Waals surface area contributed by atoms with Crippen LogP contribution in [-0.4, -0.2) is 6.54 Å². The van der Waals surface area contributed by atoms with E-state index in [1.165, 1.54) is 6.42 Å². The lowest BCUT2D eigenvalue weighted by Gasteiger charge is -2.19. The van der Waals surface area contributed by atoms with Crippen LogP contribution in [0, 0.1) is 5.92 Å². The first-order valence-electron chi connectivity index (χ1n) is 6.23. The van der Waals surface area contributed by atoms with Crippen molar-refractivity contribution in [3.05, 3.63) is 33.8 Å². The molecule has 0 fully saturated rings. The van der Waals surface area contributed by atoms with Crippen molar-refractivity contribution >= 4 is 23.2 Å². The first-order valence-corrected chi connectivity index (χ1v) is 6.98. The molecule has 1 atom stereocenters. The molecule has 1 nitrogen and oxygen atoms in total. The Morgan fingerprint density at radius 2 is 1.94 bits per heavy atom. The molecule has 0 aliphatic heterocycles. The van der Waals surface area contributed by atoms with Crippen molar-refractivity contribution in [1.82, 2.24) is 5.32 Å². The normalized spacial score (nSPS) is 13.1. The van der Waals surface area contributed by atoms with Crippen LogP contribution in [0.15, 0.2) is 18.2 Å². The summed E-state index contributed by atoms with van der Waals surface area (Å²) in [7, 11) is 0. The fourth-order valence-corrected chi connectivity index (χ4v) is 2.34. The third kappa shape index (κ3) is 4.87. The van der Waals surface area contributed by atoms with Gasteiger partial charge in [-0.25, -0.2) is 0 Å². The van der Waals surface area contributed by atoms with E-state index in [1.807, 2.05) is 18.2 Å². The first-order chi connectivity index (χ1) is 8.04. The van der Waals surface area contributed by atoms with E-state index in [0.29, 0.717) is 11.1 Å². The van der Waals surface area contributed by atoms with Crippen LogP contribution in [0.25, 0.3) is 0 Å². The second-order valence-electron chi connectivity index (χ2n) is 4.76. The monoisotopic (exact) mass is 273 g/mol. The molecule has 1 aromatic carbocycles. The Hall–Kier alpha value is -0.240. The Morgan fingerprint density at radius 1 is 1.24 bits per heavy atom. The van der Waals surface area contributed by atoms with E-state index in [9.17, 15) is 0 Å². The van der Waals surface area contributed by atoms with Crippen LogP contribution < -0.4 is 5.32 Å². The van der Waals surface area contributed by atoms with Gasteiger partial charge in [0.05, 0.1) is 0 Å². The molecule has 96 valence electrons. The Kier molecular flexibility index (Phi) is 6.32. The summed E-state index contributed by atoms with van der Waals surface area (Å²) in [6, 6.07) is 6.04. The first kappa shape index (κ1) is 14.8. The van der Waals surface area contributed by atoms with E-state index in [2.05, 4.69) is 26.1 Å². The summed E-state index contributed by atoms with van der Waals surface area (Å²) in [6.07, 6.45) is 2.21. The molecule has 1 unspecified atom stereocenters. The summed E-state index contributed by atoms with van der Waals surface area (Å²) < 4.78 is 0. The average Bonchev–Trinajstić information content (AvgIpc) is 2.25. The molecule has 0 saturated carbocycles. The molecule has 3 heteroatoms. The van der Waals surface area contributed by atoms with Crippen LogP contribution in [0.2, 0.25) is 10.0 Å². The highest BCUT2D eigenvalue weighted by Crippen LogP contribution is 2.27. The summed E-state index contributed by atoms with van der Waals surface area (Å²) >= 11 is 12.1. The van der Waals surface area contributed by atoms with Gasteiger partial charge >= 0.3 is 0 Å². The minimum atomic E-state index is 0.318.